The van der Waals surface area contributed by atoms with Crippen molar-refractivity contribution in [1.29, 1.82) is 0 Å². The lowest BCUT2D eigenvalue weighted by Gasteiger charge is -2.34. The third-order valence-electron chi connectivity index (χ3n) is 4.95. The summed E-state index contributed by atoms with van der Waals surface area (Å²) in [4.78, 5) is 2.68. The van der Waals surface area contributed by atoms with Crippen molar-refractivity contribution in [2.45, 2.75) is 31.3 Å². The van der Waals surface area contributed by atoms with E-state index in [-0.39, 0.29) is 0 Å². The van der Waals surface area contributed by atoms with Crippen LogP contribution in [0.4, 0.5) is 0 Å². The molecule has 1 saturated carbocycles. The van der Waals surface area contributed by atoms with Gasteiger partial charge in [0.25, 0.3) is 0 Å². The smallest absolute Gasteiger partial charge is 0.0487 e. The summed E-state index contributed by atoms with van der Waals surface area (Å²) < 4.78 is 1.39. The van der Waals surface area contributed by atoms with Gasteiger partial charge >= 0.3 is 0 Å². The van der Waals surface area contributed by atoms with Gasteiger partial charge in [-0.05, 0) is 47.6 Å². The minimum absolute atomic E-state index is 0.423. The van der Waals surface area contributed by atoms with Crippen LogP contribution in [0.3, 0.4) is 0 Å². The molecule has 0 spiro atoms. The fourth-order valence-corrected chi connectivity index (χ4v) is 5.05. The first-order valence-corrected chi connectivity index (χ1v) is 8.16. The molecule has 3 atom stereocenters. The lowest BCUT2D eigenvalue weighted by atomic mass is 10.0. The second-order valence-corrected chi connectivity index (χ2v) is 6.88. The van der Waals surface area contributed by atoms with Crippen LogP contribution in [0.15, 0.2) is 29.6 Å². The molecule has 1 aliphatic heterocycles. The van der Waals surface area contributed by atoms with Crippen LogP contribution in [0.25, 0.3) is 10.1 Å². The van der Waals surface area contributed by atoms with Crippen LogP contribution in [0, 0.1) is 5.92 Å². The number of nitrogens with zero attached hydrogens (tertiary/aromatic N) is 1. The van der Waals surface area contributed by atoms with E-state index in [1.54, 1.807) is 0 Å². The van der Waals surface area contributed by atoms with Gasteiger partial charge < -0.3 is 5.73 Å². The molecule has 2 aromatic rings. The van der Waals surface area contributed by atoms with Crippen LogP contribution in [-0.2, 0) is 0 Å². The Morgan fingerprint density at radius 1 is 1.32 bits per heavy atom. The molecule has 1 aliphatic carbocycles. The number of piperidine rings is 1. The van der Waals surface area contributed by atoms with Gasteiger partial charge in [-0.1, -0.05) is 18.2 Å². The quantitative estimate of drug-likeness (QED) is 0.928. The minimum atomic E-state index is 0.423. The SMILES string of the molecule is NCC(c1csc2ccccc12)N1CC2CCC1C2. The van der Waals surface area contributed by atoms with Gasteiger partial charge in [-0.15, -0.1) is 11.3 Å². The van der Waals surface area contributed by atoms with Crippen LogP contribution in [-0.4, -0.2) is 24.0 Å². The van der Waals surface area contributed by atoms with E-state index in [0.717, 1.165) is 18.5 Å². The molecule has 1 aromatic carbocycles. The zero-order chi connectivity index (χ0) is 12.8. The minimum Gasteiger partial charge on any atom is -0.329 e. The number of likely N-dealkylation sites (tertiary alicyclic amines) is 1. The lowest BCUT2D eigenvalue weighted by molar-refractivity contribution is 0.154. The highest BCUT2D eigenvalue weighted by Crippen LogP contribution is 2.43. The maximum atomic E-state index is 6.13. The van der Waals surface area contributed by atoms with Gasteiger partial charge in [0.2, 0.25) is 0 Å². The van der Waals surface area contributed by atoms with Gasteiger partial charge in [-0.2, -0.15) is 0 Å². The Morgan fingerprint density at radius 2 is 2.21 bits per heavy atom. The third kappa shape index (κ3) is 1.83. The highest BCUT2D eigenvalue weighted by atomic mass is 32.1. The van der Waals surface area contributed by atoms with Crippen LogP contribution >= 0.6 is 11.3 Å². The molecule has 1 saturated heterocycles. The van der Waals surface area contributed by atoms with Crippen LogP contribution in [0.2, 0.25) is 0 Å². The van der Waals surface area contributed by atoms with Crippen molar-refractivity contribution in [2.75, 3.05) is 13.1 Å². The van der Waals surface area contributed by atoms with Crippen molar-refractivity contribution in [3.8, 4) is 0 Å². The molecule has 2 aliphatic rings. The summed E-state index contributed by atoms with van der Waals surface area (Å²) in [5.74, 6) is 0.934. The maximum Gasteiger partial charge on any atom is 0.0487 e. The van der Waals surface area contributed by atoms with Crippen LogP contribution in [0.5, 0.6) is 0 Å². The molecular formula is C16H20N2S. The van der Waals surface area contributed by atoms with Crippen molar-refractivity contribution in [3.05, 3.63) is 35.2 Å². The van der Waals surface area contributed by atoms with E-state index in [0.29, 0.717) is 6.04 Å². The molecule has 3 heteroatoms. The summed E-state index contributed by atoms with van der Waals surface area (Å²) in [6.45, 7) is 2.00. The number of hydrogen-bond donors (Lipinski definition) is 1. The zero-order valence-corrected chi connectivity index (χ0v) is 11.9. The fourth-order valence-electron chi connectivity index (χ4n) is 4.04. The van der Waals surface area contributed by atoms with Crippen molar-refractivity contribution in [2.24, 2.45) is 11.7 Å². The van der Waals surface area contributed by atoms with Crippen molar-refractivity contribution < 1.29 is 0 Å². The number of thiophene rings is 1. The van der Waals surface area contributed by atoms with E-state index in [1.807, 2.05) is 11.3 Å². The summed E-state index contributed by atoms with van der Waals surface area (Å²) in [6.07, 6.45) is 4.21. The molecule has 2 heterocycles. The van der Waals surface area contributed by atoms with E-state index in [2.05, 4.69) is 34.5 Å². The Hall–Kier alpha value is -0.900. The maximum absolute atomic E-state index is 6.13. The average molecular weight is 272 g/mol. The first-order chi connectivity index (χ1) is 9.36. The zero-order valence-electron chi connectivity index (χ0n) is 11.1. The predicted octanol–water partition coefficient (Wildman–Crippen LogP) is 3.39. The molecule has 1 aromatic heterocycles. The molecule has 2 bridgehead atoms. The van der Waals surface area contributed by atoms with E-state index in [4.69, 9.17) is 5.73 Å². The van der Waals surface area contributed by atoms with E-state index >= 15 is 0 Å². The molecule has 4 rings (SSSR count). The Morgan fingerprint density at radius 3 is 2.95 bits per heavy atom. The van der Waals surface area contributed by atoms with Crippen molar-refractivity contribution in [3.63, 3.8) is 0 Å². The first-order valence-electron chi connectivity index (χ1n) is 7.28. The standard InChI is InChI=1S/C16H20N2S/c17-8-15(18-9-11-5-6-12(18)7-11)14-10-19-16-4-2-1-3-13(14)16/h1-4,10-12,15H,5-9,17H2. The van der Waals surface area contributed by atoms with Crippen LogP contribution in [0.1, 0.15) is 30.9 Å². The van der Waals surface area contributed by atoms with Crippen molar-refractivity contribution >= 4 is 21.4 Å². The monoisotopic (exact) mass is 272 g/mol. The summed E-state index contributed by atoms with van der Waals surface area (Å²) in [6, 6.07) is 9.94. The molecule has 0 radical (unpaired) electrons. The molecule has 100 valence electrons. The molecule has 19 heavy (non-hydrogen) atoms. The summed E-state index contributed by atoms with van der Waals surface area (Å²) in [5, 5.41) is 3.74. The molecule has 2 nitrogen and oxygen atoms in total. The first kappa shape index (κ1) is 11.9. The van der Waals surface area contributed by atoms with Gasteiger partial charge in [0, 0.05) is 29.9 Å². The number of fused-ring (bicyclic) bond motifs is 3. The lowest BCUT2D eigenvalue weighted by Crippen LogP contribution is -2.39. The van der Waals surface area contributed by atoms with Gasteiger partial charge in [-0.25, -0.2) is 0 Å². The van der Waals surface area contributed by atoms with Gasteiger partial charge in [-0.3, -0.25) is 4.90 Å². The molecule has 0 amide bonds. The van der Waals surface area contributed by atoms with Gasteiger partial charge in [0.05, 0.1) is 0 Å². The Bertz CT molecular complexity index is 591. The van der Waals surface area contributed by atoms with E-state index in [9.17, 15) is 0 Å². The number of hydrogen-bond acceptors (Lipinski definition) is 3. The normalized spacial score (nSPS) is 28.3. The van der Waals surface area contributed by atoms with Gasteiger partial charge in [0.15, 0.2) is 0 Å². The molecule has 2 fully saturated rings. The number of nitrogens with two attached hydrogens (primary N) is 1. The summed E-state index contributed by atoms with van der Waals surface area (Å²) in [5.41, 5.74) is 7.58. The van der Waals surface area contributed by atoms with Gasteiger partial charge in [0.1, 0.15) is 0 Å². The largest absolute Gasteiger partial charge is 0.329 e. The number of benzene rings is 1. The fraction of sp³-hybridized carbons (Fsp3) is 0.500. The average Bonchev–Trinajstić information content (AvgIpc) is 3.15. The highest BCUT2D eigenvalue weighted by Gasteiger charge is 2.41. The van der Waals surface area contributed by atoms with E-state index in [1.165, 1.54) is 41.5 Å². The Labute approximate surface area is 118 Å². The molecule has 2 N–H and O–H groups in total. The second kappa shape index (κ2) is 4.58. The van der Waals surface area contributed by atoms with Crippen LogP contribution < -0.4 is 5.73 Å². The summed E-state index contributed by atoms with van der Waals surface area (Å²) >= 11 is 1.85. The van der Waals surface area contributed by atoms with Crippen molar-refractivity contribution in [1.82, 2.24) is 4.90 Å². The van der Waals surface area contributed by atoms with E-state index < -0.39 is 0 Å². The number of rotatable bonds is 3. The second-order valence-electron chi connectivity index (χ2n) is 5.97. The Balaban J connectivity index is 1.72. The summed E-state index contributed by atoms with van der Waals surface area (Å²) in [7, 11) is 0. The predicted molar refractivity (Wildman–Crippen MR) is 81.5 cm³/mol. The molecule has 3 unspecified atom stereocenters. The Kier molecular flexibility index (Phi) is 2.87. The topological polar surface area (TPSA) is 29.3 Å². The third-order valence-corrected chi connectivity index (χ3v) is 5.93. The highest BCUT2D eigenvalue weighted by molar-refractivity contribution is 7.17. The molecular weight excluding hydrogens is 252 g/mol.